The highest BCUT2D eigenvalue weighted by molar-refractivity contribution is 8.18. The van der Waals surface area contributed by atoms with Gasteiger partial charge in [-0.05, 0) is 47.0 Å². The number of fused-ring (bicyclic) bond motifs is 1. The molecule has 0 atom stereocenters. The third-order valence-electron chi connectivity index (χ3n) is 4.19. The SMILES string of the molecule is C=CCOc1ccc(C=C2SC(=Nc3cccc4ccccc34)NC2=O)cc1. The van der Waals surface area contributed by atoms with Crippen molar-refractivity contribution in [1.82, 2.24) is 5.32 Å². The topological polar surface area (TPSA) is 50.7 Å². The van der Waals surface area contributed by atoms with Crippen molar-refractivity contribution in [3.05, 3.63) is 89.9 Å². The Morgan fingerprint density at radius 2 is 1.82 bits per heavy atom. The van der Waals surface area contributed by atoms with E-state index in [9.17, 15) is 4.79 Å². The maximum Gasteiger partial charge on any atom is 0.264 e. The fraction of sp³-hybridized carbons (Fsp3) is 0.0435. The lowest BCUT2D eigenvalue weighted by Crippen LogP contribution is -2.19. The molecule has 1 heterocycles. The number of amides is 1. The van der Waals surface area contributed by atoms with Crippen LogP contribution in [0.3, 0.4) is 0 Å². The highest BCUT2D eigenvalue weighted by Crippen LogP contribution is 2.31. The number of hydrogen-bond acceptors (Lipinski definition) is 4. The van der Waals surface area contributed by atoms with Crippen LogP contribution in [-0.4, -0.2) is 17.7 Å². The van der Waals surface area contributed by atoms with Gasteiger partial charge in [-0.2, -0.15) is 0 Å². The first kappa shape index (κ1) is 18.1. The molecule has 138 valence electrons. The van der Waals surface area contributed by atoms with Crippen molar-refractivity contribution in [2.24, 2.45) is 4.99 Å². The highest BCUT2D eigenvalue weighted by atomic mass is 32.2. The number of nitrogens with one attached hydrogen (secondary N) is 1. The Kier molecular flexibility index (Phi) is 5.26. The van der Waals surface area contributed by atoms with Crippen LogP contribution in [0.4, 0.5) is 5.69 Å². The molecule has 28 heavy (non-hydrogen) atoms. The quantitative estimate of drug-likeness (QED) is 0.478. The summed E-state index contributed by atoms with van der Waals surface area (Å²) < 4.78 is 5.48. The van der Waals surface area contributed by atoms with Gasteiger partial charge in [0.1, 0.15) is 12.4 Å². The van der Waals surface area contributed by atoms with Crippen molar-refractivity contribution in [1.29, 1.82) is 0 Å². The van der Waals surface area contributed by atoms with Gasteiger partial charge in [0.05, 0.1) is 10.6 Å². The number of rotatable bonds is 5. The molecule has 0 aromatic heterocycles. The van der Waals surface area contributed by atoms with Crippen LogP contribution in [0.25, 0.3) is 16.8 Å². The highest BCUT2D eigenvalue weighted by Gasteiger charge is 2.24. The molecule has 5 heteroatoms. The smallest absolute Gasteiger partial charge is 0.264 e. The molecule has 0 unspecified atom stereocenters. The van der Waals surface area contributed by atoms with Crippen molar-refractivity contribution in [2.75, 3.05) is 6.61 Å². The van der Waals surface area contributed by atoms with Crippen molar-refractivity contribution < 1.29 is 9.53 Å². The summed E-state index contributed by atoms with van der Waals surface area (Å²) in [6.45, 7) is 4.10. The molecule has 1 fully saturated rings. The fourth-order valence-electron chi connectivity index (χ4n) is 2.86. The zero-order valence-corrected chi connectivity index (χ0v) is 15.9. The summed E-state index contributed by atoms with van der Waals surface area (Å²) in [5, 5.41) is 5.60. The van der Waals surface area contributed by atoms with Gasteiger partial charge in [0.15, 0.2) is 5.17 Å². The molecule has 4 nitrogen and oxygen atoms in total. The summed E-state index contributed by atoms with van der Waals surface area (Å²) >= 11 is 1.34. The van der Waals surface area contributed by atoms with Gasteiger partial charge in [0.2, 0.25) is 0 Å². The van der Waals surface area contributed by atoms with Crippen LogP contribution in [0.1, 0.15) is 5.56 Å². The van der Waals surface area contributed by atoms with Crippen LogP contribution in [-0.2, 0) is 4.79 Å². The number of amidine groups is 1. The number of nitrogens with zero attached hydrogens (tertiary/aromatic N) is 1. The molecule has 1 saturated heterocycles. The van der Waals surface area contributed by atoms with Gasteiger partial charge in [-0.3, -0.25) is 4.79 Å². The molecule has 3 aromatic rings. The van der Waals surface area contributed by atoms with Gasteiger partial charge in [0.25, 0.3) is 5.91 Å². The zero-order chi connectivity index (χ0) is 19.3. The number of thioether (sulfide) groups is 1. The van der Waals surface area contributed by atoms with Gasteiger partial charge in [0, 0.05) is 5.39 Å². The second kappa shape index (κ2) is 8.15. The lowest BCUT2D eigenvalue weighted by molar-refractivity contribution is -0.115. The molecule has 1 aliphatic rings. The van der Waals surface area contributed by atoms with Crippen molar-refractivity contribution in [2.45, 2.75) is 0 Å². The number of benzene rings is 3. The number of aliphatic imine (C=N–C) groups is 1. The molecule has 0 radical (unpaired) electrons. The summed E-state index contributed by atoms with van der Waals surface area (Å²) in [5.41, 5.74) is 1.76. The van der Waals surface area contributed by atoms with Crippen molar-refractivity contribution in [3.63, 3.8) is 0 Å². The van der Waals surface area contributed by atoms with E-state index in [4.69, 9.17) is 4.74 Å². The maximum atomic E-state index is 12.3. The van der Waals surface area contributed by atoms with Crippen LogP contribution >= 0.6 is 11.8 Å². The first-order valence-electron chi connectivity index (χ1n) is 8.84. The van der Waals surface area contributed by atoms with Crippen LogP contribution in [0, 0.1) is 0 Å². The molecule has 1 N–H and O–H groups in total. The Bertz CT molecular complexity index is 1100. The monoisotopic (exact) mass is 386 g/mol. The second-order valence-electron chi connectivity index (χ2n) is 6.15. The average Bonchev–Trinajstić information content (AvgIpc) is 3.06. The lowest BCUT2D eigenvalue weighted by Gasteiger charge is -2.03. The largest absolute Gasteiger partial charge is 0.490 e. The number of hydrogen-bond donors (Lipinski definition) is 1. The van der Waals surface area contributed by atoms with E-state index < -0.39 is 0 Å². The van der Waals surface area contributed by atoms with Crippen LogP contribution in [0.15, 0.2) is 89.3 Å². The van der Waals surface area contributed by atoms with E-state index in [1.54, 1.807) is 6.08 Å². The molecule has 3 aromatic carbocycles. The van der Waals surface area contributed by atoms with E-state index in [-0.39, 0.29) is 5.91 Å². The Morgan fingerprint density at radius 3 is 2.64 bits per heavy atom. The molecule has 0 spiro atoms. The minimum absolute atomic E-state index is 0.143. The Morgan fingerprint density at radius 1 is 1.04 bits per heavy atom. The third-order valence-corrected chi connectivity index (χ3v) is 5.10. The lowest BCUT2D eigenvalue weighted by atomic mass is 10.1. The molecule has 0 bridgehead atoms. The van der Waals surface area contributed by atoms with E-state index in [1.165, 1.54) is 11.8 Å². The maximum absolute atomic E-state index is 12.3. The molecule has 0 aliphatic carbocycles. The predicted octanol–water partition coefficient (Wildman–Crippen LogP) is 5.30. The van der Waals surface area contributed by atoms with Gasteiger partial charge >= 0.3 is 0 Å². The molecular weight excluding hydrogens is 368 g/mol. The summed E-state index contributed by atoms with van der Waals surface area (Å²) in [7, 11) is 0. The number of carbonyl (C=O) groups is 1. The summed E-state index contributed by atoms with van der Waals surface area (Å²) in [4.78, 5) is 17.6. The average molecular weight is 386 g/mol. The minimum atomic E-state index is -0.143. The van der Waals surface area contributed by atoms with E-state index in [1.807, 2.05) is 72.8 Å². The van der Waals surface area contributed by atoms with Crippen molar-refractivity contribution >= 4 is 45.4 Å². The van der Waals surface area contributed by atoms with Gasteiger partial charge in [-0.15, -0.1) is 0 Å². The van der Waals surface area contributed by atoms with Gasteiger partial charge in [-0.25, -0.2) is 4.99 Å². The first-order valence-corrected chi connectivity index (χ1v) is 9.66. The Labute approximate surface area is 167 Å². The molecule has 0 saturated carbocycles. The van der Waals surface area contributed by atoms with Crippen LogP contribution in [0.5, 0.6) is 5.75 Å². The Balaban J connectivity index is 1.55. The predicted molar refractivity (Wildman–Crippen MR) is 117 cm³/mol. The van der Waals surface area contributed by atoms with Crippen LogP contribution < -0.4 is 10.1 Å². The molecule has 1 amide bonds. The summed E-state index contributed by atoms with van der Waals surface area (Å²) in [6.07, 6.45) is 3.55. The van der Waals surface area contributed by atoms with E-state index in [2.05, 4.69) is 16.9 Å². The Hall–Kier alpha value is -3.31. The van der Waals surface area contributed by atoms with Gasteiger partial charge < -0.3 is 10.1 Å². The van der Waals surface area contributed by atoms with E-state index in [0.717, 1.165) is 27.8 Å². The summed E-state index contributed by atoms with van der Waals surface area (Å²) in [5.74, 6) is 0.625. The fourth-order valence-corrected chi connectivity index (χ4v) is 3.70. The van der Waals surface area contributed by atoms with Gasteiger partial charge in [-0.1, -0.05) is 61.2 Å². The normalized spacial score (nSPS) is 16.5. The third kappa shape index (κ3) is 4.00. The van der Waals surface area contributed by atoms with E-state index in [0.29, 0.717) is 16.7 Å². The van der Waals surface area contributed by atoms with Crippen LogP contribution in [0.2, 0.25) is 0 Å². The number of carbonyl (C=O) groups excluding carboxylic acids is 1. The standard InChI is InChI=1S/C23H18N2O2S/c1-2-14-27-18-12-10-16(11-13-18)15-21-22(26)25-23(28-21)24-20-9-5-7-17-6-3-4-8-19(17)20/h2-13,15H,1,14H2,(H,24,25,26). The molecule has 4 rings (SSSR count). The first-order chi connectivity index (χ1) is 13.7. The summed E-state index contributed by atoms with van der Waals surface area (Å²) in [6, 6.07) is 21.6. The number of ether oxygens (including phenoxy) is 1. The van der Waals surface area contributed by atoms with Crippen molar-refractivity contribution in [3.8, 4) is 5.75 Å². The minimum Gasteiger partial charge on any atom is -0.490 e. The second-order valence-corrected chi connectivity index (χ2v) is 7.18. The van der Waals surface area contributed by atoms with E-state index >= 15 is 0 Å². The molecule has 1 aliphatic heterocycles. The molecular formula is C23H18N2O2S. The zero-order valence-electron chi connectivity index (χ0n) is 15.1.